The lowest BCUT2D eigenvalue weighted by Crippen LogP contribution is -2.10. The Hall–Kier alpha value is -2.34. The second-order valence-corrected chi connectivity index (χ2v) is 5.60. The Morgan fingerprint density at radius 2 is 1.86 bits per heavy atom. The molecular formula is C18H19N3. The molecule has 0 unspecified atom stereocenters. The van der Waals surface area contributed by atoms with Crippen LogP contribution in [-0.4, -0.2) is 10.8 Å². The van der Waals surface area contributed by atoms with E-state index in [1.807, 2.05) is 18.3 Å². The Bertz CT molecular complexity index is 653. The van der Waals surface area contributed by atoms with Crippen LogP contribution in [0.1, 0.15) is 49.3 Å². The average Bonchev–Trinajstić information content (AvgIpc) is 3.03. The summed E-state index contributed by atoms with van der Waals surface area (Å²) < 4.78 is 2.33. The van der Waals surface area contributed by atoms with Crippen molar-refractivity contribution in [1.82, 2.24) is 4.57 Å². The SMILES string of the molecule is N#Cc1ccc(N=Cc2ccn(C3CCCCC3)c2)cc1. The van der Waals surface area contributed by atoms with Crippen LogP contribution in [0.15, 0.2) is 47.7 Å². The first-order valence-corrected chi connectivity index (χ1v) is 7.57. The van der Waals surface area contributed by atoms with Gasteiger partial charge < -0.3 is 4.57 Å². The molecule has 0 N–H and O–H groups in total. The maximum absolute atomic E-state index is 8.77. The van der Waals surface area contributed by atoms with Gasteiger partial charge in [-0.1, -0.05) is 19.3 Å². The van der Waals surface area contributed by atoms with Crippen LogP contribution in [0.25, 0.3) is 0 Å². The van der Waals surface area contributed by atoms with Gasteiger partial charge in [0.05, 0.1) is 17.3 Å². The lowest BCUT2D eigenvalue weighted by molar-refractivity contribution is 0.354. The van der Waals surface area contributed by atoms with Gasteiger partial charge in [0.2, 0.25) is 0 Å². The second kappa shape index (κ2) is 6.41. The molecule has 0 spiro atoms. The summed E-state index contributed by atoms with van der Waals surface area (Å²) in [7, 11) is 0. The van der Waals surface area contributed by atoms with Gasteiger partial charge in [-0.3, -0.25) is 4.99 Å². The van der Waals surface area contributed by atoms with Crippen LogP contribution in [0.2, 0.25) is 0 Å². The minimum Gasteiger partial charge on any atom is -0.351 e. The van der Waals surface area contributed by atoms with Crippen LogP contribution >= 0.6 is 0 Å². The Labute approximate surface area is 125 Å². The van der Waals surface area contributed by atoms with Gasteiger partial charge in [-0.2, -0.15) is 5.26 Å². The second-order valence-electron chi connectivity index (χ2n) is 5.60. The molecule has 3 rings (SSSR count). The summed E-state index contributed by atoms with van der Waals surface area (Å²) in [6.07, 6.45) is 12.9. The van der Waals surface area contributed by atoms with Crippen molar-refractivity contribution in [2.24, 2.45) is 4.99 Å². The summed E-state index contributed by atoms with van der Waals surface area (Å²) in [5.41, 5.74) is 2.67. The highest BCUT2D eigenvalue weighted by Gasteiger charge is 2.14. The Morgan fingerprint density at radius 3 is 2.57 bits per heavy atom. The lowest BCUT2D eigenvalue weighted by Gasteiger charge is -2.23. The van der Waals surface area contributed by atoms with Crippen molar-refractivity contribution in [2.75, 3.05) is 0 Å². The molecule has 0 atom stereocenters. The van der Waals surface area contributed by atoms with E-state index in [-0.39, 0.29) is 0 Å². The zero-order chi connectivity index (χ0) is 14.5. The highest BCUT2D eigenvalue weighted by Crippen LogP contribution is 2.28. The van der Waals surface area contributed by atoms with Gasteiger partial charge in [-0.25, -0.2) is 0 Å². The predicted octanol–water partition coefficient (Wildman–Crippen LogP) is 4.62. The van der Waals surface area contributed by atoms with E-state index in [1.54, 1.807) is 12.1 Å². The topological polar surface area (TPSA) is 41.1 Å². The first kappa shape index (κ1) is 13.6. The molecule has 1 heterocycles. The number of benzene rings is 1. The molecule has 1 fully saturated rings. The summed E-state index contributed by atoms with van der Waals surface area (Å²) in [6.45, 7) is 0. The number of nitrogens with zero attached hydrogens (tertiary/aromatic N) is 3. The van der Waals surface area contributed by atoms with Crippen molar-refractivity contribution in [3.05, 3.63) is 53.9 Å². The van der Waals surface area contributed by atoms with Crippen molar-refractivity contribution in [2.45, 2.75) is 38.1 Å². The molecule has 0 aliphatic heterocycles. The molecule has 106 valence electrons. The van der Waals surface area contributed by atoms with E-state index in [0.717, 1.165) is 11.3 Å². The number of nitriles is 1. The highest BCUT2D eigenvalue weighted by molar-refractivity contribution is 5.81. The third kappa shape index (κ3) is 3.41. The Morgan fingerprint density at radius 1 is 1.10 bits per heavy atom. The van der Waals surface area contributed by atoms with Crippen LogP contribution in [0, 0.1) is 11.3 Å². The molecule has 1 saturated carbocycles. The molecule has 3 nitrogen and oxygen atoms in total. The largest absolute Gasteiger partial charge is 0.351 e. The van der Waals surface area contributed by atoms with Crippen molar-refractivity contribution in [3.63, 3.8) is 0 Å². The average molecular weight is 277 g/mol. The van der Waals surface area contributed by atoms with Crippen LogP contribution in [0.4, 0.5) is 5.69 Å². The Balaban J connectivity index is 1.68. The number of hydrogen-bond donors (Lipinski definition) is 0. The molecule has 3 heteroatoms. The first-order valence-electron chi connectivity index (χ1n) is 7.57. The maximum Gasteiger partial charge on any atom is 0.0991 e. The van der Waals surface area contributed by atoms with Crippen molar-refractivity contribution in [1.29, 1.82) is 5.26 Å². The van der Waals surface area contributed by atoms with E-state index < -0.39 is 0 Å². The van der Waals surface area contributed by atoms with E-state index in [4.69, 9.17) is 5.26 Å². The van der Waals surface area contributed by atoms with Gasteiger partial charge in [0.15, 0.2) is 0 Å². The van der Waals surface area contributed by atoms with Crippen molar-refractivity contribution < 1.29 is 0 Å². The third-order valence-corrected chi connectivity index (χ3v) is 4.09. The van der Waals surface area contributed by atoms with Gasteiger partial charge in [0.25, 0.3) is 0 Å². The molecule has 0 amide bonds. The van der Waals surface area contributed by atoms with E-state index in [1.165, 1.54) is 32.1 Å². The fourth-order valence-electron chi connectivity index (χ4n) is 2.88. The fourth-order valence-corrected chi connectivity index (χ4v) is 2.88. The smallest absolute Gasteiger partial charge is 0.0991 e. The molecule has 1 aliphatic rings. The summed E-state index contributed by atoms with van der Waals surface area (Å²) >= 11 is 0. The zero-order valence-electron chi connectivity index (χ0n) is 12.1. The summed E-state index contributed by atoms with van der Waals surface area (Å²) in [4.78, 5) is 4.46. The van der Waals surface area contributed by atoms with Gasteiger partial charge in [-0.15, -0.1) is 0 Å². The van der Waals surface area contributed by atoms with Gasteiger partial charge in [0, 0.05) is 30.2 Å². The minimum atomic E-state index is 0.663. The van der Waals surface area contributed by atoms with E-state index in [9.17, 15) is 0 Å². The molecule has 1 aromatic carbocycles. The summed E-state index contributed by atoms with van der Waals surface area (Å²) in [6, 6.07) is 12.2. The number of aromatic nitrogens is 1. The quantitative estimate of drug-likeness (QED) is 0.755. The van der Waals surface area contributed by atoms with Gasteiger partial charge in [0.1, 0.15) is 0 Å². The molecular weight excluding hydrogens is 258 g/mol. The predicted molar refractivity (Wildman–Crippen MR) is 85.0 cm³/mol. The van der Waals surface area contributed by atoms with Crippen molar-refractivity contribution in [3.8, 4) is 6.07 Å². The van der Waals surface area contributed by atoms with Gasteiger partial charge in [-0.05, 0) is 43.2 Å². The monoisotopic (exact) mass is 277 g/mol. The number of rotatable bonds is 3. The van der Waals surface area contributed by atoms with E-state index in [0.29, 0.717) is 11.6 Å². The van der Waals surface area contributed by atoms with Gasteiger partial charge >= 0.3 is 0 Å². The summed E-state index contributed by atoms with van der Waals surface area (Å²) in [5.74, 6) is 0. The van der Waals surface area contributed by atoms with Crippen LogP contribution in [0.3, 0.4) is 0 Å². The third-order valence-electron chi connectivity index (χ3n) is 4.09. The normalized spacial score (nSPS) is 16.1. The maximum atomic E-state index is 8.77. The molecule has 2 aromatic rings. The molecule has 1 aliphatic carbocycles. The molecule has 0 bridgehead atoms. The molecule has 0 saturated heterocycles. The van der Waals surface area contributed by atoms with Crippen LogP contribution < -0.4 is 0 Å². The standard InChI is InChI=1S/C18H19N3/c19-12-15-6-8-17(9-7-15)20-13-16-10-11-21(14-16)18-4-2-1-3-5-18/h6-11,13-14,18H,1-5H2. The first-order chi connectivity index (χ1) is 10.3. The lowest BCUT2D eigenvalue weighted by atomic mass is 9.95. The minimum absolute atomic E-state index is 0.663. The van der Waals surface area contributed by atoms with Crippen molar-refractivity contribution >= 4 is 11.9 Å². The molecule has 21 heavy (non-hydrogen) atoms. The summed E-state index contributed by atoms with van der Waals surface area (Å²) in [5, 5.41) is 8.77. The molecule has 0 radical (unpaired) electrons. The fraction of sp³-hybridized carbons (Fsp3) is 0.333. The zero-order valence-corrected chi connectivity index (χ0v) is 12.1. The van der Waals surface area contributed by atoms with E-state index in [2.05, 4.69) is 34.1 Å². The highest BCUT2D eigenvalue weighted by atomic mass is 15.0. The van der Waals surface area contributed by atoms with Crippen LogP contribution in [-0.2, 0) is 0 Å². The number of hydrogen-bond acceptors (Lipinski definition) is 2. The van der Waals surface area contributed by atoms with E-state index >= 15 is 0 Å². The number of aliphatic imine (C=N–C) groups is 1. The van der Waals surface area contributed by atoms with Crippen LogP contribution in [0.5, 0.6) is 0 Å². The Kier molecular flexibility index (Phi) is 4.16. The molecule has 1 aromatic heterocycles.